The Kier molecular flexibility index (Phi) is 6.42. The van der Waals surface area contributed by atoms with Crippen molar-refractivity contribution in [2.45, 2.75) is 25.6 Å². The zero-order chi connectivity index (χ0) is 18.6. The molecule has 8 heteroatoms. The molecule has 0 aliphatic carbocycles. The van der Waals surface area contributed by atoms with Crippen LogP contribution in [-0.2, 0) is 5.66 Å². The third kappa shape index (κ3) is 5.41. The van der Waals surface area contributed by atoms with Crippen LogP contribution in [0.3, 0.4) is 0 Å². The fraction of sp³-hybridized carbons (Fsp3) is 0.471. The van der Waals surface area contributed by atoms with E-state index in [1.165, 1.54) is 12.1 Å². The smallest absolute Gasteiger partial charge is 0.284 e. The van der Waals surface area contributed by atoms with E-state index in [1.54, 1.807) is 15.3 Å². The Morgan fingerprint density at radius 1 is 1.36 bits per heavy atom. The molecule has 5 nitrogen and oxygen atoms in total. The van der Waals surface area contributed by atoms with E-state index in [0.29, 0.717) is 36.7 Å². The molecule has 0 spiro atoms. The van der Waals surface area contributed by atoms with Gasteiger partial charge < -0.3 is 15.4 Å². The van der Waals surface area contributed by atoms with Gasteiger partial charge in [0.1, 0.15) is 11.5 Å². The fourth-order valence-corrected chi connectivity index (χ4v) is 2.60. The summed E-state index contributed by atoms with van der Waals surface area (Å²) in [6, 6.07) is 4.45. The molecule has 0 bridgehead atoms. The van der Waals surface area contributed by atoms with Gasteiger partial charge in [-0.25, -0.2) is 0 Å². The quantitative estimate of drug-likeness (QED) is 0.718. The van der Waals surface area contributed by atoms with Crippen molar-refractivity contribution in [3.05, 3.63) is 34.9 Å². The maximum Gasteiger partial charge on any atom is 0.284 e. The summed E-state index contributed by atoms with van der Waals surface area (Å²) in [5, 5.41) is 7.90. The molecule has 0 saturated heterocycles. The highest BCUT2D eigenvalue weighted by molar-refractivity contribution is 7.17. The van der Waals surface area contributed by atoms with Crippen LogP contribution < -0.4 is 10.5 Å². The Morgan fingerprint density at radius 3 is 2.68 bits per heavy atom. The molecule has 1 heterocycles. The molecule has 0 fully saturated rings. The van der Waals surface area contributed by atoms with Gasteiger partial charge in [-0.3, -0.25) is 0 Å². The summed E-state index contributed by atoms with van der Waals surface area (Å²) in [6.45, 7) is 5.43. The number of hydrogen-bond acceptors (Lipinski definition) is 5. The first-order valence-electron chi connectivity index (χ1n) is 7.98. The standard InChI is InChI=1S/C17H23F2N4OP/c1-11(2)24-15-7-12(6-14(8-15)17(18,19)25)16-13(9-21-22-16)10-23(3)5-4-20/h6-8,11H,4-5,10,20,25H2,1-3H3. The number of rotatable bonds is 8. The molecule has 1 atom stereocenters. The van der Waals surface area contributed by atoms with Crippen LogP contribution in [0.5, 0.6) is 5.75 Å². The minimum absolute atomic E-state index is 0.131. The van der Waals surface area contributed by atoms with E-state index in [9.17, 15) is 8.78 Å². The molecule has 1 unspecified atom stereocenters. The monoisotopic (exact) mass is 368 g/mol. The summed E-state index contributed by atoms with van der Waals surface area (Å²) in [6.07, 6.45) is -0.131. The van der Waals surface area contributed by atoms with Gasteiger partial charge in [-0.15, -0.1) is 10.2 Å². The van der Waals surface area contributed by atoms with Gasteiger partial charge in [-0.05, 0) is 39.1 Å². The molecule has 0 saturated carbocycles. The molecular weight excluding hydrogens is 345 g/mol. The average molecular weight is 368 g/mol. The number of likely N-dealkylation sites (N-methyl/N-ethyl adjacent to an activating group) is 1. The van der Waals surface area contributed by atoms with Crippen LogP contribution in [0.1, 0.15) is 25.0 Å². The molecule has 2 N–H and O–H groups in total. The lowest BCUT2D eigenvalue weighted by Crippen LogP contribution is -2.29. The van der Waals surface area contributed by atoms with Crippen molar-refractivity contribution in [1.82, 2.24) is 4.90 Å². The number of ether oxygens (including phenoxy) is 1. The molecule has 136 valence electrons. The number of halogens is 2. The predicted molar refractivity (Wildman–Crippen MR) is 99.8 cm³/mol. The van der Waals surface area contributed by atoms with Gasteiger partial charge in [-0.2, -0.15) is 8.78 Å². The summed E-state index contributed by atoms with van der Waals surface area (Å²) in [7, 11) is 3.47. The Hall–Kier alpha value is -1.65. The molecule has 1 aromatic rings. The number of nitrogens with zero attached hydrogens (tertiary/aromatic N) is 3. The minimum atomic E-state index is -3.06. The van der Waals surface area contributed by atoms with Gasteiger partial charge in [0.2, 0.25) is 0 Å². The van der Waals surface area contributed by atoms with Gasteiger partial charge >= 0.3 is 0 Å². The zero-order valence-corrected chi connectivity index (χ0v) is 15.7. The summed E-state index contributed by atoms with van der Waals surface area (Å²) in [5.41, 5.74) is 4.12. The normalized spacial score (nSPS) is 14.3. The summed E-state index contributed by atoms with van der Waals surface area (Å²) in [4.78, 5) is 2.00. The number of alkyl halides is 2. The number of hydrogen-bond donors (Lipinski definition) is 1. The second-order valence-corrected chi connectivity index (χ2v) is 6.93. The van der Waals surface area contributed by atoms with Crippen molar-refractivity contribution in [2.75, 3.05) is 26.7 Å². The second kappa shape index (κ2) is 8.15. The van der Waals surface area contributed by atoms with E-state index in [2.05, 4.69) is 16.1 Å². The first kappa shape index (κ1) is 19.7. The Balaban J connectivity index is 2.36. The van der Waals surface area contributed by atoms with Gasteiger partial charge in [0.05, 0.1) is 11.7 Å². The van der Waals surface area contributed by atoms with E-state index in [0.717, 1.165) is 5.57 Å². The van der Waals surface area contributed by atoms with Crippen molar-refractivity contribution >= 4 is 20.8 Å². The van der Waals surface area contributed by atoms with E-state index >= 15 is 0 Å². The van der Waals surface area contributed by atoms with Gasteiger partial charge in [0.25, 0.3) is 5.66 Å². The van der Waals surface area contributed by atoms with Crippen molar-refractivity contribution in [1.29, 1.82) is 0 Å². The van der Waals surface area contributed by atoms with Crippen LogP contribution in [0.4, 0.5) is 8.78 Å². The van der Waals surface area contributed by atoms with Crippen LogP contribution in [0.2, 0.25) is 0 Å². The molecule has 1 aliphatic heterocycles. The topological polar surface area (TPSA) is 63.2 Å². The van der Waals surface area contributed by atoms with E-state index < -0.39 is 5.66 Å². The third-order valence-electron chi connectivity index (χ3n) is 3.50. The molecule has 0 aromatic heterocycles. The second-order valence-electron chi connectivity index (χ2n) is 6.20. The highest BCUT2D eigenvalue weighted by Crippen LogP contribution is 2.37. The predicted octanol–water partition coefficient (Wildman–Crippen LogP) is 2.60. The molecule has 1 aromatic carbocycles. The summed E-state index contributed by atoms with van der Waals surface area (Å²) in [5.74, 6) is 3.20. The molecular formula is C17H23F2N4OP. The van der Waals surface area contributed by atoms with Crippen LogP contribution in [0.15, 0.2) is 34.0 Å². The molecule has 25 heavy (non-hydrogen) atoms. The Morgan fingerprint density at radius 2 is 2.08 bits per heavy atom. The first-order valence-corrected chi connectivity index (χ1v) is 8.56. The van der Waals surface area contributed by atoms with Crippen molar-refractivity contribution in [3.8, 4) is 5.75 Å². The highest BCUT2D eigenvalue weighted by atomic mass is 31.0. The lowest BCUT2D eigenvalue weighted by molar-refractivity contribution is 0.103. The van der Waals surface area contributed by atoms with Crippen molar-refractivity contribution in [2.24, 2.45) is 15.9 Å². The number of nitrogens with two attached hydrogens (primary N) is 1. The van der Waals surface area contributed by atoms with Crippen LogP contribution in [-0.4, -0.2) is 49.3 Å². The fourth-order valence-electron chi connectivity index (χ4n) is 2.43. The zero-order valence-electron chi connectivity index (χ0n) is 14.6. The van der Waals surface area contributed by atoms with Crippen molar-refractivity contribution in [3.63, 3.8) is 0 Å². The molecule has 0 amide bonds. The van der Waals surface area contributed by atoms with Gasteiger partial charge in [-0.1, -0.05) is 9.24 Å². The van der Waals surface area contributed by atoms with E-state index in [-0.39, 0.29) is 11.7 Å². The first-order chi connectivity index (χ1) is 11.7. The van der Waals surface area contributed by atoms with Crippen LogP contribution in [0, 0.1) is 0 Å². The SMILES string of the molecule is CC(C)Oc1cc(C2=NN=C=C2CN(C)CCN)cc(C(F)(F)P)c1. The van der Waals surface area contributed by atoms with E-state index in [1.807, 2.05) is 25.8 Å². The lowest BCUT2D eigenvalue weighted by Gasteiger charge is -2.19. The van der Waals surface area contributed by atoms with E-state index in [4.69, 9.17) is 10.5 Å². The third-order valence-corrected chi connectivity index (χ3v) is 3.83. The van der Waals surface area contributed by atoms with Crippen LogP contribution in [0.25, 0.3) is 0 Å². The number of benzene rings is 1. The lowest BCUT2D eigenvalue weighted by atomic mass is 10.0. The Bertz CT molecular complexity index is 722. The average Bonchev–Trinajstić information content (AvgIpc) is 2.93. The largest absolute Gasteiger partial charge is 0.491 e. The molecule has 0 radical (unpaired) electrons. The maximum atomic E-state index is 13.8. The molecule has 1 aliphatic rings. The summed E-state index contributed by atoms with van der Waals surface area (Å²) < 4.78 is 33.3. The maximum absolute atomic E-state index is 13.8. The van der Waals surface area contributed by atoms with Gasteiger partial charge in [0, 0.05) is 36.6 Å². The molecule has 2 rings (SSSR count). The van der Waals surface area contributed by atoms with Crippen molar-refractivity contribution < 1.29 is 13.5 Å². The minimum Gasteiger partial charge on any atom is -0.491 e. The highest BCUT2D eigenvalue weighted by Gasteiger charge is 2.27. The van der Waals surface area contributed by atoms with Gasteiger partial charge in [0.15, 0.2) is 0 Å². The summed E-state index contributed by atoms with van der Waals surface area (Å²) >= 11 is 0. The van der Waals surface area contributed by atoms with Crippen LogP contribution >= 0.6 is 9.24 Å². The Labute approximate surface area is 148 Å².